The third-order valence-electron chi connectivity index (χ3n) is 4.31. The number of hydrogen-bond donors (Lipinski definition) is 0. The molecule has 1 amide bonds. The Morgan fingerprint density at radius 3 is 2.59 bits per heavy atom. The van der Waals surface area contributed by atoms with Crippen LogP contribution in [0.1, 0.15) is 25.3 Å². The first-order valence-electron chi connectivity index (χ1n) is 8.96. The number of ether oxygens (including phenoxy) is 3. The van der Waals surface area contributed by atoms with Gasteiger partial charge < -0.3 is 19.1 Å². The van der Waals surface area contributed by atoms with Crippen molar-refractivity contribution >= 4 is 23.9 Å². The molecule has 1 aromatic rings. The SMILES string of the molecule is CCOC(=O)C1CCN(C(=O)COC(=O)/C=C/c2cccc(OC)c2)CC1. The van der Waals surface area contributed by atoms with Crippen LogP contribution < -0.4 is 4.74 Å². The van der Waals surface area contributed by atoms with Crippen LogP contribution in [0.25, 0.3) is 6.08 Å². The molecule has 1 aromatic carbocycles. The number of rotatable bonds is 7. The molecule has 0 unspecified atom stereocenters. The first-order valence-corrected chi connectivity index (χ1v) is 8.96. The second kappa shape index (κ2) is 10.4. The zero-order valence-corrected chi connectivity index (χ0v) is 15.7. The van der Waals surface area contributed by atoms with E-state index >= 15 is 0 Å². The van der Waals surface area contributed by atoms with E-state index in [0.717, 1.165) is 5.56 Å². The minimum absolute atomic E-state index is 0.164. The molecule has 1 saturated heterocycles. The number of esters is 2. The van der Waals surface area contributed by atoms with Crippen LogP contribution in [-0.2, 0) is 23.9 Å². The van der Waals surface area contributed by atoms with Crippen molar-refractivity contribution < 1.29 is 28.6 Å². The van der Waals surface area contributed by atoms with Crippen molar-refractivity contribution in [1.29, 1.82) is 0 Å². The summed E-state index contributed by atoms with van der Waals surface area (Å²) >= 11 is 0. The molecular formula is C20H25NO6. The van der Waals surface area contributed by atoms with E-state index in [0.29, 0.717) is 38.3 Å². The van der Waals surface area contributed by atoms with Crippen LogP contribution in [-0.4, -0.2) is 56.2 Å². The zero-order valence-electron chi connectivity index (χ0n) is 15.7. The molecule has 0 radical (unpaired) electrons. The molecule has 0 bridgehead atoms. The smallest absolute Gasteiger partial charge is 0.331 e. The van der Waals surface area contributed by atoms with Gasteiger partial charge >= 0.3 is 11.9 Å². The van der Waals surface area contributed by atoms with Gasteiger partial charge in [-0.3, -0.25) is 9.59 Å². The summed E-state index contributed by atoms with van der Waals surface area (Å²) in [5.41, 5.74) is 0.790. The summed E-state index contributed by atoms with van der Waals surface area (Å²) in [5.74, 6) is -0.541. The van der Waals surface area contributed by atoms with E-state index in [4.69, 9.17) is 14.2 Å². The molecule has 1 fully saturated rings. The fourth-order valence-corrected chi connectivity index (χ4v) is 2.81. The van der Waals surface area contributed by atoms with Crippen LogP contribution >= 0.6 is 0 Å². The molecule has 7 heteroatoms. The third-order valence-corrected chi connectivity index (χ3v) is 4.31. The normalized spacial score (nSPS) is 14.8. The molecular weight excluding hydrogens is 350 g/mol. The summed E-state index contributed by atoms with van der Waals surface area (Å²) in [7, 11) is 1.57. The molecule has 0 atom stereocenters. The van der Waals surface area contributed by atoms with Crippen molar-refractivity contribution in [2.75, 3.05) is 33.4 Å². The van der Waals surface area contributed by atoms with Gasteiger partial charge in [-0.05, 0) is 43.5 Å². The lowest BCUT2D eigenvalue weighted by Gasteiger charge is -2.30. The lowest BCUT2D eigenvalue weighted by molar-refractivity contribution is -0.153. The van der Waals surface area contributed by atoms with E-state index in [-0.39, 0.29) is 24.4 Å². The Morgan fingerprint density at radius 2 is 1.93 bits per heavy atom. The van der Waals surface area contributed by atoms with Crippen molar-refractivity contribution in [2.24, 2.45) is 5.92 Å². The summed E-state index contributed by atoms with van der Waals surface area (Å²) in [5, 5.41) is 0. The van der Waals surface area contributed by atoms with Crippen molar-refractivity contribution in [3.05, 3.63) is 35.9 Å². The minimum Gasteiger partial charge on any atom is -0.497 e. The number of benzene rings is 1. The number of methoxy groups -OCH3 is 1. The molecule has 0 saturated carbocycles. The maximum atomic E-state index is 12.2. The molecule has 1 aliphatic rings. The topological polar surface area (TPSA) is 82.1 Å². The van der Waals surface area contributed by atoms with Gasteiger partial charge in [0.15, 0.2) is 6.61 Å². The van der Waals surface area contributed by atoms with Crippen molar-refractivity contribution in [3.63, 3.8) is 0 Å². The monoisotopic (exact) mass is 375 g/mol. The minimum atomic E-state index is -0.590. The van der Waals surface area contributed by atoms with Crippen LogP contribution in [0.2, 0.25) is 0 Å². The van der Waals surface area contributed by atoms with Crippen LogP contribution in [0, 0.1) is 5.92 Å². The van der Waals surface area contributed by atoms with E-state index in [9.17, 15) is 14.4 Å². The molecule has 0 spiro atoms. The first kappa shape index (κ1) is 20.5. The van der Waals surface area contributed by atoms with Crippen LogP contribution in [0.15, 0.2) is 30.3 Å². The number of amides is 1. The zero-order chi connectivity index (χ0) is 19.6. The van der Waals surface area contributed by atoms with Gasteiger partial charge in [-0.1, -0.05) is 12.1 Å². The van der Waals surface area contributed by atoms with E-state index in [1.54, 1.807) is 37.1 Å². The predicted octanol–water partition coefficient (Wildman–Crippen LogP) is 2.05. The first-order chi connectivity index (χ1) is 13.0. The average molecular weight is 375 g/mol. The highest BCUT2D eigenvalue weighted by molar-refractivity contribution is 5.89. The largest absolute Gasteiger partial charge is 0.497 e. The number of hydrogen-bond acceptors (Lipinski definition) is 6. The highest BCUT2D eigenvalue weighted by Gasteiger charge is 2.28. The number of nitrogens with zero attached hydrogens (tertiary/aromatic N) is 1. The van der Waals surface area contributed by atoms with E-state index in [1.807, 2.05) is 12.1 Å². The summed E-state index contributed by atoms with van der Waals surface area (Å²) in [6, 6.07) is 7.22. The molecule has 1 aliphatic heterocycles. The fourth-order valence-electron chi connectivity index (χ4n) is 2.81. The Hall–Kier alpha value is -2.83. The summed E-state index contributed by atoms with van der Waals surface area (Å²) in [4.78, 5) is 37.3. The Bertz CT molecular complexity index is 691. The molecule has 0 aliphatic carbocycles. The highest BCUT2D eigenvalue weighted by atomic mass is 16.5. The molecule has 7 nitrogen and oxygen atoms in total. The summed E-state index contributed by atoms with van der Waals surface area (Å²) < 4.78 is 15.1. The number of likely N-dealkylation sites (tertiary alicyclic amines) is 1. The second-order valence-corrected chi connectivity index (χ2v) is 6.12. The number of piperidine rings is 1. The second-order valence-electron chi connectivity index (χ2n) is 6.12. The van der Waals surface area contributed by atoms with Gasteiger partial charge in [0.05, 0.1) is 19.6 Å². The Kier molecular flexibility index (Phi) is 7.85. The highest BCUT2D eigenvalue weighted by Crippen LogP contribution is 2.19. The summed E-state index contributed by atoms with van der Waals surface area (Å²) in [6.07, 6.45) is 4.00. The van der Waals surface area contributed by atoms with Crippen LogP contribution in [0.5, 0.6) is 5.75 Å². The van der Waals surface area contributed by atoms with E-state index < -0.39 is 5.97 Å². The van der Waals surface area contributed by atoms with Gasteiger partial charge in [0, 0.05) is 19.2 Å². The van der Waals surface area contributed by atoms with Crippen molar-refractivity contribution in [2.45, 2.75) is 19.8 Å². The van der Waals surface area contributed by atoms with E-state index in [1.165, 1.54) is 6.08 Å². The third kappa shape index (κ3) is 6.44. The molecule has 146 valence electrons. The van der Waals surface area contributed by atoms with Gasteiger partial charge in [0.1, 0.15) is 5.75 Å². The molecule has 1 heterocycles. The lowest BCUT2D eigenvalue weighted by atomic mass is 9.97. The molecule has 0 N–H and O–H groups in total. The van der Waals surface area contributed by atoms with Crippen molar-refractivity contribution in [3.8, 4) is 5.75 Å². The number of carbonyl (C=O) groups excluding carboxylic acids is 3. The van der Waals surface area contributed by atoms with Crippen LogP contribution in [0.4, 0.5) is 0 Å². The fraction of sp³-hybridized carbons (Fsp3) is 0.450. The Morgan fingerprint density at radius 1 is 1.19 bits per heavy atom. The van der Waals surface area contributed by atoms with E-state index in [2.05, 4.69) is 0 Å². The maximum Gasteiger partial charge on any atom is 0.331 e. The van der Waals surface area contributed by atoms with Gasteiger partial charge in [0.2, 0.25) is 0 Å². The summed E-state index contributed by atoms with van der Waals surface area (Å²) in [6.45, 7) is 2.73. The Labute approximate surface area is 158 Å². The molecule has 0 aromatic heterocycles. The maximum absolute atomic E-state index is 12.2. The lowest BCUT2D eigenvalue weighted by Crippen LogP contribution is -2.42. The Balaban J connectivity index is 1.74. The standard InChI is InChI=1S/C20H25NO6/c1-3-26-20(24)16-9-11-21(12-10-16)18(22)14-27-19(23)8-7-15-5-4-6-17(13-15)25-2/h4-8,13,16H,3,9-12,14H2,1-2H3/b8-7+. The molecule has 2 rings (SSSR count). The average Bonchev–Trinajstić information content (AvgIpc) is 2.71. The van der Waals surface area contributed by atoms with Gasteiger partial charge in [-0.15, -0.1) is 0 Å². The molecule has 27 heavy (non-hydrogen) atoms. The van der Waals surface area contributed by atoms with Gasteiger partial charge in [0.25, 0.3) is 5.91 Å². The van der Waals surface area contributed by atoms with Gasteiger partial charge in [-0.25, -0.2) is 4.79 Å². The number of carbonyl (C=O) groups is 3. The predicted molar refractivity (Wildman–Crippen MR) is 98.9 cm³/mol. The quantitative estimate of drug-likeness (QED) is 0.536. The van der Waals surface area contributed by atoms with Crippen molar-refractivity contribution in [1.82, 2.24) is 4.90 Å². The van der Waals surface area contributed by atoms with Gasteiger partial charge in [-0.2, -0.15) is 0 Å². The van der Waals surface area contributed by atoms with Crippen LogP contribution in [0.3, 0.4) is 0 Å².